The Labute approximate surface area is 183 Å². The van der Waals surface area contributed by atoms with Crippen LogP contribution in [0, 0.1) is 0 Å². The normalized spacial score (nSPS) is 15.6. The van der Waals surface area contributed by atoms with Crippen molar-refractivity contribution in [3.8, 4) is 0 Å². The van der Waals surface area contributed by atoms with Crippen molar-refractivity contribution in [2.24, 2.45) is 0 Å². The molecule has 2 heterocycles. The minimum Gasteiger partial charge on any atom is -0.467 e. The molecule has 0 aliphatic carbocycles. The van der Waals surface area contributed by atoms with Crippen LogP contribution in [0.3, 0.4) is 0 Å². The van der Waals surface area contributed by atoms with E-state index in [4.69, 9.17) is 4.42 Å². The summed E-state index contributed by atoms with van der Waals surface area (Å²) in [4.78, 5) is 17.4. The summed E-state index contributed by atoms with van der Waals surface area (Å²) in [5.41, 5.74) is 3.06. The number of benzene rings is 2. The fourth-order valence-electron chi connectivity index (χ4n) is 3.96. The van der Waals surface area contributed by atoms with Gasteiger partial charge in [0.05, 0.1) is 18.8 Å². The standard InChI is InChI=1S/C25H30N4O2/c1-2-28-14-16-29(17-15-28)22-12-10-21(11-13-22)27-24(30)19-26-25(23-9-6-18-31-23)20-7-4-3-5-8-20/h3-13,18,25-26H,2,14-17,19H2,1H3,(H,27,30)/t25-/m1/s1. The third kappa shape index (κ3) is 5.54. The first-order valence-electron chi connectivity index (χ1n) is 10.9. The second-order valence-corrected chi connectivity index (χ2v) is 7.76. The molecule has 1 aliphatic heterocycles. The summed E-state index contributed by atoms with van der Waals surface area (Å²) in [6, 6.07) is 21.7. The monoisotopic (exact) mass is 418 g/mol. The van der Waals surface area contributed by atoms with E-state index in [-0.39, 0.29) is 18.5 Å². The lowest BCUT2D eigenvalue weighted by molar-refractivity contribution is -0.115. The van der Waals surface area contributed by atoms with Crippen molar-refractivity contribution in [2.45, 2.75) is 13.0 Å². The maximum absolute atomic E-state index is 12.6. The van der Waals surface area contributed by atoms with E-state index in [0.29, 0.717) is 0 Å². The maximum atomic E-state index is 12.6. The summed E-state index contributed by atoms with van der Waals surface area (Å²) < 4.78 is 5.58. The second-order valence-electron chi connectivity index (χ2n) is 7.76. The van der Waals surface area contributed by atoms with Crippen molar-refractivity contribution in [1.29, 1.82) is 0 Å². The van der Waals surface area contributed by atoms with Crippen molar-refractivity contribution in [2.75, 3.05) is 49.5 Å². The van der Waals surface area contributed by atoms with E-state index in [1.165, 1.54) is 5.69 Å². The number of hydrogen-bond donors (Lipinski definition) is 2. The number of amides is 1. The topological polar surface area (TPSA) is 60.8 Å². The number of carbonyl (C=O) groups is 1. The van der Waals surface area contributed by atoms with Gasteiger partial charge < -0.3 is 19.5 Å². The molecule has 2 N–H and O–H groups in total. The highest BCUT2D eigenvalue weighted by Gasteiger charge is 2.18. The van der Waals surface area contributed by atoms with Gasteiger partial charge in [0.25, 0.3) is 0 Å². The highest BCUT2D eigenvalue weighted by Crippen LogP contribution is 2.22. The van der Waals surface area contributed by atoms with Gasteiger partial charge in [-0.05, 0) is 48.5 Å². The zero-order valence-electron chi connectivity index (χ0n) is 18.0. The van der Waals surface area contributed by atoms with Crippen LogP contribution < -0.4 is 15.5 Å². The van der Waals surface area contributed by atoms with Crippen LogP contribution in [0.25, 0.3) is 0 Å². The van der Waals surface area contributed by atoms with Crippen molar-refractivity contribution < 1.29 is 9.21 Å². The maximum Gasteiger partial charge on any atom is 0.238 e. The molecule has 1 fully saturated rings. The molecule has 1 atom stereocenters. The van der Waals surface area contributed by atoms with Crippen LogP contribution >= 0.6 is 0 Å². The van der Waals surface area contributed by atoms with E-state index in [0.717, 1.165) is 49.7 Å². The van der Waals surface area contributed by atoms with Gasteiger partial charge in [0, 0.05) is 37.6 Å². The fourth-order valence-corrected chi connectivity index (χ4v) is 3.96. The lowest BCUT2D eigenvalue weighted by Crippen LogP contribution is -2.46. The molecule has 162 valence electrons. The summed E-state index contributed by atoms with van der Waals surface area (Å²) in [5, 5.41) is 6.29. The number of carbonyl (C=O) groups excluding carboxylic acids is 1. The van der Waals surface area contributed by atoms with Crippen LogP contribution in [0.2, 0.25) is 0 Å². The Morgan fingerprint density at radius 2 is 1.71 bits per heavy atom. The first-order valence-corrected chi connectivity index (χ1v) is 10.9. The summed E-state index contributed by atoms with van der Waals surface area (Å²) in [6.45, 7) is 7.77. The molecule has 0 spiro atoms. The summed E-state index contributed by atoms with van der Waals surface area (Å²) in [6.07, 6.45) is 1.65. The van der Waals surface area contributed by atoms with Gasteiger partial charge in [0.2, 0.25) is 5.91 Å². The summed E-state index contributed by atoms with van der Waals surface area (Å²) >= 11 is 0. The van der Waals surface area contributed by atoms with Gasteiger partial charge in [-0.25, -0.2) is 0 Å². The van der Waals surface area contributed by atoms with E-state index >= 15 is 0 Å². The van der Waals surface area contributed by atoms with Crippen LogP contribution in [0.5, 0.6) is 0 Å². The van der Waals surface area contributed by atoms with Gasteiger partial charge in [-0.3, -0.25) is 10.1 Å². The van der Waals surface area contributed by atoms with E-state index < -0.39 is 0 Å². The molecule has 0 bridgehead atoms. The number of rotatable bonds is 8. The van der Waals surface area contributed by atoms with Gasteiger partial charge in [-0.1, -0.05) is 37.3 Å². The molecule has 1 amide bonds. The minimum atomic E-state index is -0.175. The van der Waals surface area contributed by atoms with Crippen LogP contribution in [0.1, 0.15) is 24.3 Å². The van der Waals surface area contributed by atoms with Crippen molar-refractivity contribution in [3.05, 3.63) is 84.3 Å². The first kappa shape index (κ1) is 21.2. The summed E-state index contributed by atoms with van der Waals surface area (Å²) in [7, 11) is 0. The van der Waals surface area contributed by atoms with Gasteiger partial charge in [0.1, 0.15) is 5.76 Å². The second kappa shape index (κ2) is 10.3. The van der Waals surface area contributed by atoms with Crippen molar-refractivity contribution in [1.82, 2.24) is 10.2 Å². The van der Waals surface area contributed by atoms with Crippen LogP contribution in [0.4, 0.5) is 11.4 Å². The molecule has 0 radical (unpaired) electrons. The Bertz CT molecular complexity index is 933. The molecular weight excluding hydrogens is 388 g/mol. The Kier molecular flexibility index (Phi) is 7.02. The van der Waals surface area contributed by atoms with Crippen molar-refractivity contribution in [3.63, 3.8) is 0 Å². The third-order valence-corrected chi connectivity index (χ3v) is 5.76. The number of anilines is 2. The first-order chi connectivity index (χ1) is 15.2. The number of likely N-dealkylation sites (N-methyl/N-ethyl adjacent to an activating group) is 1. The van der Waals surface area contributed by atoms with E-state index in [9.17, 15) is 4.79 Å². The SMILES string of the molecule is CCN1CCN(c2ccc(NC(=O)CN[C@H](c3ccccc3)c3ccco3)cc2)CC1. The Balaban J connectivity index is 1.32. The van der Waals surface area contributed by atoms with Crippen LogP contribution in [-0.4, -0.2) is 50.1 Å². The quantitative estimate of drug-likeness (QED) is 0.584. The van der Waals surface area contributed by atoms with Crippen LogP contribution in [-0.2, 0) is 4.79 Å². The van der Waals surface area contributed by atoms with Crippen molar-refractivity contribution >= 4 is 17.3 Å². The van der Waals surface area contributed by atoms with Crippen LogP contribution in [0.15, 0.2) is 77.4 Å². The van der Waals surface area contributed by atoms with E-state index in [1.54, 1.807) is 6.26 Å². The van der Waals surface area contributed by atoms with E-state index in [2.05, 4.69) is 39.5 Å². The van der Waals surface area contributed by atoms with Gasteiger partial charge >= 0.3 is 0 Å². The molecule has 3 aromatic rings. The molecule has 6 nitrogen and oxygen atoms in total. The predicted molar refractivity (Wildman–Crippen MR) is 124 cm³/mol. The smallest absolute Gasteiger partial charge is 0.238 e. The van der Waals surface area contributed by atoms with Gasteiger partial charge in [0.15, 0.2) is 0 Å². The third-order valence-electron chi connectivity index (χ3n) is 5.76. The molecule has 31 heavy (non-hydrogen) atoms. The van der Waals surface area contributed by atoms with E-state index in [1.807, 2.05) is 54.6 Å². The number of furan rings is 1. The van der Waals surface area contributed by atoms with Gasteiger partial charge in [-0.15, -0.1) is 0 Å². The zero-order chi connectivity index (χ0) is 21.5. The number of piperazine rings is 1. The molecule has 2 aromatic carbocycles. The molecule has 4 rings (SSSR count). The molecule has 0 saturated carbocycles. The highest BCUT2D eigenvalue weighted by atomic mass is 16.3. The Hall–Kier alpha value is -3.09. The summed E-state index contributed by atoms with van der Waals surface area (Å²) in [5.74, 6) is 0.698. The Morgan fingerprint density at radius 1 is 0.968 bits per heavy atom. The average Bonchev–Trinajstić information content (AvgIpc) is 3.35. The largest absolute Gasteiger partial charge is 0.467 e. The molecule has 6 heteroatoms. The average molecular weight is 419 g/mol. The highest BCUT2D eigenvalue weighted by molar-refractivity contribution is 5.92. The number of nitrogens with one attached hydrogen (secondary N) is 2. The number of hydrogen-bond acceptors (Lipinski definition) is 5. The molecule has 1 aromatic heterocycles. The molecule has 1 aliphatic rings. The molecule has 0 unspecified atom stereocenters. The predicted octanol–water partition coefficient (Wildman–Crippen LogP) is 3.74. The zero-order valence-corrected chi connectivity index (χ0v) is 18.0. The Morgan fingerprint density at radius 3 is 2.35 bits per heavy atom. The van der Waals surface area contributed by atoms with Gasteiger partial charge in [-0.2, -0.15) is 0 Å². The minimum absolute atomic E-state index is 0.0863. The number of nitrogens with zero attached hydrogens (tertiary/aromatic N) is 2. The lowest BCUT2D eigenvalue weighted by atomic mass is 10.0. The lowest BCUT2D eigenvalue weighted by Gasteiger charge is -2.35. The molecule has 1 saturated heterocycles. The molecular formula is C25H30N4O2. The fraction of sp³-hybridized carbons (Fsp3) is 0.320.